The molecule has 6 heteroatoms. The van der Waals surface area contributed by atoms with Gasteiger partial charge in [0.25, 0.3) is 5.91 Å². The van der Waals surface area contributed by atoms with Crippen molar-refractivity contribution >= 4 is 11.6 Å². The van der Waals surface area contributed by atoms with Gasteiger partial charge < -0.3 is 10.7 Å². The Balaban J connectivity index is 2.20. The first-order valence-electron chi connectivity index (χ1n) is 6.76. The largest absolute Gasteiger partial charge is 0.348 e. The number of rotatable bonds is 4. The number of nitrogen functional groups attached to an aromatic ring is 1. The molecule has 1 aromatic heterocycles. The van der Waals surface area contributed by atoms with Gasteiger partial charge in [0.1, 0.15) is 5.82 Å². The lowest BCUT2D eigenvalue weighted by molar-refractivity contribution is 0.0933. The third kappa shape index (κ3) is 3.20. The van der Waals surface area contributed by atoms with Crippen molar-refractivity contribution in [2.75, 3.05) is 5.43 Å². The summed E-state index contributed by atoms with van der Waals surface area (Å²) in [5, 5.41) is 3.01. The van der Waals surface area contributed by atoms with Crippen LogP contribution in [-0.4, -0.2) is 21.9 Å². The fourth-order valence-corrected chi connectivity index (χ4v) is 2.28. The highest BCUT2D eigenvalue weighted by atomic mass is 16.2. The van der Waals surface area contributed by atoms with Gasteiger partial charge in [0.15, 0.2) is 5.69 Å². The minimum atomic E-state index is -0.177. The Kier molecular flexibility index (Phi) is 4.31. The highest BCUT2D eigenvalue weighted by Gasteiger charge is 2.21. The third-order valence-corrected chi connectivity index (χ3v) is 3.38. The molecule has 0 aromatic carbocycles. The lowest BCUT2D eigenvalue weighted by atomic mass is 10.2. The summed E-state index contributed by atoms with van der Waals surface area (Å²) in [5.74, 6) is 6.06. The molecule has 1 fully saturated rings. The zero-order valence-electron chi connectivity index (χ0n) is 11.4. The second-order valence-electron chi connectivity index (χ2n) is 5.24. The maximum absolute atomic E-state index is 12.3. The third-order valence-electron chi connectivity index (χ3n) is 3.38. The summed E-state index contributed by atoms with van der Waals surface area (Å²) in [7, 11) is 0. The van der Waals surface area contributed by atoms with Crippen molar-refractivity contribution in [3.8, 4) is 0 Å². The Morgan fingerprint density at radius 3 is 2.68 bits per heavy atom. The summed E-state index contributed by atoms with van der Waals surface area (Å²) in [4.78, 5) is 20.8. The molecule has 2 rings (SSSR count). The van der Waals surface area contributed by atoms with E-state index in [9.17, 15) is 4.79 Å². The highest BCUT2D eigenvalue weighted by molar-refractivity contribution is 5.97. The molecule has 104 valence electrons. The normalized spacial score (nSPS) is 15.8. The number of nitrogens with zero attached hydrogens (tertiary/aromatic N) is 2. The molecule has 1 heterocycles. The van der Waals surface area contributed by atoms with Crippen molar-refractivity contribution in [3.63, 3.8) is 0 Å². The quantitative estimate of drug-likeness (QED) is 0.566. The second-order valence-corrected chi connectivity index (χ2v) is 5.24. The van der Waals surface area contributed by atoms with Gasteiger partial charge in [-0.05, 0) is 12.8 Å². The van der Waals surface area contributed by atoms with E-state index in [1.165, 1.54) is 12.8 Å². The number of anilines is 1. The zero-order valence-corrected chi connectivity index (χ0v) is 11.4. The fraction of sp³-hybridized carbons (Fsp3) is 0.615. The Morgan fingerprint density at radius 2 is 2.11 bits per heavy atom. The summed E-state index contributed by atoms with van der Waals surface area (Å²) in [6, 6.07) is 0.260. The molecule has 0 spiro atoms. The molecule has 1 aliphatic rings. The van der Waals surface area contributed by atoms with Crippen molar-refractivity contribution < 1.29 is 4.79 Å². The predicted molar refractivity (Wildman–Crippen MR) is 73.7 cm³/mol. The molecule has 4 N–H and O–H groups in total. The van der Waals surface area contributed by atoms with E-state index in [1.807, 2.05) is 13.8 Å². The van der Waals surface area contributed by atoms with Gasteiger partial charge in [-0.25, -0.2) is 9.97 Å². The first-order valence-corrected chi connectivity index (χ1v) is 6.76. The lowest BCUT2D eigenvalue weighted by Gasteiger charge is -2.14. The molecule has 1 aliphatic carbocycles. The van der Waals surface area contributed by atoms with Crippen LogP contribution in [0, 0.1) is 0 Å². The minimum Gasteiger partial charge on any atom is -0.348 e. The van der Waals surface area contributed by atoms with Gasteiger partial charge in [-0.2, -0.15) is 0 Å². The Labute approximate surface area is 113 Å². The van der Waals surface area contributed by atoms with Crippen LogP contribution < -0.4 is 16.6 Å². The molecule has 0 radical (unpaired) electrons. The van der Waals surface area contributed by atoms with E-state index in [0.29, 0.717) is 17.2 Å². The van der Waals surface area contributed by atoms with Crippen LogP contribution in [0.25, 0.3) is 0 Å². The maximum Gasteiger partial charge on any atom is 0.272 e. The number of carbonyl (C=O) groups excluding carboxylic acids is 1. The number of nitrogens with two attached hydrogens (primary N) is 1. The average Bonchev–Trinajstić information content (AvgIpc) is 2.90. The van der Waals surface area contributed by atoms with Gasteiger partial charge in [0.05, 0.1) is 11.9 Å². The molecule has 19 heavy (non-hydrogen) atoms. The van der Waals surface area contributed by atoms with Crippen LogP contribution in [0.5, 0.6) is 0 Å². The number of nitrogens with one attached hydrogen (secondary N) is 2. The SMILES string of the molecule is CC(C)c1ncc(NN)c(C(=O)NC2CCCC2)n1. The first-order chi connectivity index (χ1) is 9.11. The topological polar surface area (TPSA) is 92.9 Å². The molecule has 0 unspecified atom stereocenters. The van der Waals surface area contributed by atoms with Crippen LogP contribution in [0.3, 0.4) is 0 Å². The van der Waals surface area contributed by atoms with E-state index >= 15 is 0 Å². The van der Waals surface area contributed by atoms with Gasteiger partial charge in [0.2, 0.25) is 0 Å². The number of hydrogen-bond donors (Lipinski definition) is 3. The van der Waals surface area contributed by atoms with Crippen LogP contribution in [0.1, 0.15) is 61.8 Å². The summed E-state index contributed by atoms with van der Waals surface area (Å²) >= 11 is 0. The van der Waals surface area contributed by atoms with Crippen molar-refractivity contribution in [1.82, 2.24) is 15.3 Å². The number of carbonyl (C=O) groups is 1. The molecular formula is C13H21N5O. The fourth-order valence-electron chi connectivity index (χ4n) is 2.28. The average molecular weight is 263 g/mol. The number of hydrogen-bond acceptors (Lipinski definition) is 5. The molecule has 1 amide bonds. The van der Waals surface area contributed by atoms with Gasteiger partial charge >= 0.3 is 0 Å². The van der Waals surface area contributed by atoms with Crippen LogP contribution >= 0.6 is 0 Å². The smallest absolute Gasteiger partial charge is 0.272 e. The monoisotopic (exact) mass is 263 g/mol. The summed E-state index contributed by atoms with van der Waals surface area (Å²) < 4.78 is 0. The molecular weight excluding hydrogens is 242 g/mol. The van der Waals surface area contributed by atoms with Crippen LogP contribution in [0.4, 0.5) is 5.69 Å². The zero-order chi connectivity index (χ0) is 13.8. The van der Waals surface area contributed by atoms with Crippen LogP contribution in [0.15, 0.2) is 6.20 Å². The van der Waals surface area contributed by atoms with E-state index in [1.54, 1.807) is 6.20 Å². The Hall–Kier alpha value is -1.69. The van der Waals surface area contributed by atoms with E-state index < -0.39 is 0 Å². The van der Waals surface area contributed by atoms with E-state index in [2.05, 4.69) is 20.7 Å². The Morgan fingerprint density at radius 1 is 1.42 bits per heavy atom. The molecule has 6 nitrogen and oxygen atoms in total. The predicted octanol–water partition coefficient (Wildman–Crippen LogP) is 1.56. The van der Waals surface area contributed by atoms with Crippen molar-refractivity contribution in [1.29, 1.82) is 0 Å². The summed E-state index contributed by atoms with van der Waals surface area (Å²) in [5.41, 5.74) is 3.27. The molecule has 0 saturated heterocycles. The molecule has 1 aromatic rings. The van der Waals surface area contributed by atoms with Gasteiger partial charge in [-0.15, -0.1) is 0 Å². The first kappa shape index (κ1) is 13.7. The Bertz CT molecular complexity index is 454. The standard InChI is InChI=1S/C13H21N5O/c1-8(2)12-15-7-10(18-14)11(17-12)13(19)16-9-5-3-4-6-9/h7-9,18H,3-6,14H2,1-2H3,(H,16,19). The number of hydrazine groups is 1. The van der Waals surface area contributed by atoms with E-state index in [0.717, 1.165) is 12.8 Å². The second kappa shape index (κ2) is 5.97. The molecule has 1 saturated carbocycles. The van der Waals surface area contributed by atoms with Gasteiger partial charge in [-0.1, -0.05) is 26.7 Å². The summed E-state index contributed by atoms with van der Waals surface area (Å²) in [6.45, 7) is 3.98. The van der Waals surface area contributed by atoms with E-state index in [4.69, 9.17) is 5.84 Å². The van der Waals surface area contributed by atoms with E-state index in [-0.39, 0.29) is 17.9 Å². The molecule has 0 atom stereocenters. The van der Waals surface area contributed by atoms with Crippen molar-refractivity contribution in [2.24, 2.45) is 5.84 Å². The van der Waals surface area contributed by atoms with Crippen LogP contribution in [0.2, 0.25) is 0 Å². The number of amides is 1. The minimum absolute atomic E-state index is 0.171. The highest BCUT2D eigenvalue weighted by Crippen LogP contribution is 2.20. The molecule has 0 aliphatic heterocycles. The maximum atomic E-state index is 12.3. The van der Waals surface area contributed by atoms with Crippen molar-refractivity contribution in [3.05, 3.63) is 17.7 Å². The summed E-state index contributed by atoms with van der Waals surface area (Å²) in [6.07, 6.45) is 5.99. The van der Waals surface area contributed by atoms with Crippen LogP contribution in [-0.2, 0) is 0 Å². The van der Waals surface area contributed by atoms with Gasteiger partial charge in [-0.3, -0.25) is 10.6 Å². The van der Waals surface area contributed by atoms with Crippen molar-refractivity contribution in [2.45, 2.75) is 51.5 Å². The lowest BCUT2D eigenvalue weighted by Crippen LogP contribution is -2.34. The van der Waals surface area contributed by atoms with Gasteiger partial charge in [0, 0.05) is 12.0 Å². The molecule has 0 bridgehead atoms. The number of aromatic nitrogens is 2.